The Morgan fingerprint density at radius 1 is 0.938 bits per heavy atom. The number of urea groups is 1. The Labute approximate surface area is 284 Å². The summed E-state index contributed by atoms with van der Waals surface area (Å²) >= 11 is 0. The zero-order chi connectivity index (χ0) is 35.1. The number of hydrogen-bond donors (Lipinski definition) is 4. The van der Waals surface area contributed by atoms with E-state index >= 15 is 0 Å². The highest BCUT2D eigenvalue weighted by Crippen LogP contribution is 2.56. The number of carbonyl (C=O) groups is 6. The van der Waals surface area contributed by atoms with E-state index in [0.29, 0.717) is 50.3 Å². The summed E-state index contributed by atoms with van der Waals surface area (Å²) in [6.45, 7) is 10.6. The largest absolute Gasteiger partial charge is 0.352 e. The van der Waals surface area contributed by atoms with Gasteiger partial charge in [0.25, 0.3) is 0 Å². The lowest BCUT2D eigenvalue weighted by Crippen LogP contribution is -2.45. The van der Waals surface area contributed by atoms with Crippen LogP contribution in [0, 0.1) is 48.3 Å². The zero-order valence-corrected chi connectivity index (χ0v) is 29.1. The first-order valence-electron chi connectivity index (χ1n) is 17.6. The molecule has 1 saturated carbocycles. The number of benzene rings is 1. The third-order valence-corrected chi connectivity index (χ3v) is 10.2. The number of aryl methyl sites for hydroxylation is 1. The number of nitrogens with one attached hydrogen (secondary N) is 3. The van der Waals surface area contributed by atoms with Crippen LogP contribution in [0.4, 0.5) is 10.5 Å². The first kappa shape index (κ1) is 36.8. The highest BCUT2D eigenvalue weighted by Gasteiger charge is 2.61. The van der Waals surface area contributed by atoms with Gasteiger partial charge in [-0.05, 0) is 74.8 Å². The molecule has 1 aliphatic heterocycles. The van der Waals surface area contributed by atoms with Crippen LogP contribution in [0.2, 0.25) is 0 Å². The number of imide groups is 1. The predicted octanol–water partition coefficient (Wildman–Crippen LogP) is 4.49. The average molecular weight is 664 g/mol. The first-order chi connectivity index (χ1) is 22.8. The van der Waals surface area contributed by atoms with Gasteiger partial charge >= 0.3 is 6.03 Å². The summed E-state index contributed by atoms with van der Waals surface area (Å²) in [6.07, 6.45) is 5.96. The Morgan fingerprint density at radius 3 is 2.27 bits per heavy atom. The van der Waals surface area contributed by atoms with Gasteiger partial charge in [-0.15, -0.1) is 0 Å². The summed E-state index contributed by atoms with van der Waals surface area (Å²) in [5.74, 6) is -1.36. The fourth-order valence-corrected chi connectivity index (χ4v) is 7.69. The van der Waals surface area contributed by atoms with E-state index in [-0.39, 0.29) is 78.4 Å². The lowest BCUT2D eigenvalue weighted by atomic mass is 9.78. The van der Waals surface area contributed by atoms with Crippen molar-refractivity contribution in [3.8, 4) is 0 Å². The lowest BCUT2D eigenvalue weighted by Gasteiger charge is -2.24. The maximum atomic E-state index is 13.5. The number of primary amides is 1. The number of allylic oxidation sites excluding steroid dienone is 2. The molecule has 2 aliphatic carbocycles. The second-order valence-corrected chi connectivity index (χ2v) is 14.5. The highest BCUT2D eigenvalue weighted by molar-refractivity contribution is 6.06. The van der Waals surface area contributed by atoms with Crippen LogP contribution < -0.4 is 21.7 Å². The Kier molecular flexibility index (Phi) is 12.6. The van der Waals surface area contributed by atoms with Crippen LogP contribution in [0.15, 0.2) is 35.9 Å². The Bertz CT molecular complexity index is 1400. The number of hydrogen-bond acceptors (Lipinski definition) is 6. The van der Waals surface area contributed by atoms with Crippen molar-refractivity contribution in [3.63, 3.8) is 0 Å². The van der Waals surface area contributed by atoms with E-state index in [2.05, 4.69) is 35.9 Å². The SMILES string of the molecule is Cc1ccc(NC(=O)[C@H](CCCNC(N)=O)CC(=O)[C@@H](NC(=O)CCCCCN2C(=O)C3C4C=C(C(C)C)C(C4)C3C2=O)C(C)C)cc1. The smallest absolute Gasteiger partial charge is 0.312 e. The average Bonchev–Trinajstić information content (AvgIpc) is 3.69. The van der Waals surface area contributed by atoms with Crippen molar-refractivity contribution in [2.75, 3.05) is 18.4 Å². The minimum absolute atomic E-state index is 0.0326. The molecule has 0 spiro atoms. The van der Waals surface area contributed by atoms with Crippen molar-refractivity contribution in [2.45, 2.75) is 92.0 Å². The summed E-state index contributed by atoms with van der Waals surface area (Å²) in [5, 5.41) is 8.28. The normalized spacial score (nSPS) is 22.5. The van der Waals surface area contributed by atoms with Gasteiger partial charge in [0.1, 0.15) is 0 Å². The molecule has 262 valence electrons. The number of unbranched alkanes of at least 4 members (excludes halogenated alkanes) is 2. The van der Waals surface area contributed by atoms with Crippen LogP contribution >= 0.6 is 0 Å². The summed E-state index contributed by atoms with van der Waals surface area (Å²) in [7, 11) is 0. The number of fused-ring (bicyclic) bond motifs is 5. The van der Waals surface area contributed by atoms with E-state index in [4.69, 9.17) is 5.73 Å². The monoisotopic (exact) mass is 663 g/mol. The van der Waals surface area contributed by atoms with Gasteiger partial charge in [0.2, 0.25) is 23.6 Å². The predicted molar refractivity (Wildman–Crippen MR) is 183 cm³/mol. The molecule has 2 bridgehead atoms. The minimum atomic E-state index is -0.755. The molecule has 11 heteroatoms. The van der Waals surface area contributed by atoms with Gasteiger partial charge in [-0.1, -0.05) is 63.5 Å². The number of rotatable bonds is 18. The molecule has 4 unspecified atom stereocenters. The summed E-state index contributed by atoms with van der Waals surface area (Å²) in [4.78, 5) is 78.6. The van der Waals surface area contributed by atoms with Crippen LogP contribution in [0.1, 0.15) is 84.6 Å². The van der Waals surface area contributed by atoms with Crippen molar-refractivity contribution in [1.29, 1.82) is 0 Å². The molecule has 5 N–H and O–H groups in total. The van der Waals surface area contributed by atoms with Gasteiger partial charge in [0.15, 0.2) is 5.78 Å². The molecule has 6 atom stereocenters. The van der Waals surface area contributed by atoms with Gasteiger partial charge in [-0.3, -0.25) is 28.9 Å². The lowest BCUT2D eigenvalue weighted by molar-refractivity contribution is -0.141. The highest BCUT2D eigenvalue weighted by atomic mass is 16.2. The first-order valence-corrected chi connectivity index (χ1v) is 17.6. The fourth-order valence-electron chi connectivity index (χ4n) is 7.69. The fraction of sp³-hybridized carbons (Fsp3) is 0.622. The third kappa shape index (κ3) is 8.90. The number of nitrogens with two attached hydrogens (primary N) is 1. The number of carbonyl (C=O) groups excluding carboxylic acids is 6. The summed E-state index contributed by atoms with van der Waals surface area (Å²) < 4.78 is 0. The molecule has 1 aromatic carbocycles. The van der Waals surface area contributed by atoms with E-state index < -0.39 is 18.0 Å². The van der Waals surface area contributed by atoms with Crippen molar-refractivity contribution >= 4 is 41.1 Å². The summed E-state index contributed by atoms with van der Waals surface area (Å²) in [6, 6.07) is 5.96. The van der Waals surface area contributed by atoms with Crippen molar-refractivity contribution in [2.24, 2.45) is 47.2 Å². The number of nitrogens with zero attached hydrogens (tertiary/aromatic N) is 1. The molecule has 1 aromatic rings. The van der Waals surface area contributed by atoms with Crippen LogP contribution in [0.5, 0.6) is 0 Å². The van der Waals surface area contributed by atoms with Gasteiger partial charge < -0.3 is 21.7 Å². The second-order valence-electron chi connectivity index (χ2n) is 14.5. The van der Waals surface area contributed by atoms with E-state index in [1.54, 1.807) is 12.1 Å². The van der Waals surface area contributed by atoms with Crippen molar-refractivity contribution < 1.29 is 28.8 Å². The molecule has 1 saturated heterocycles. The number of ketones is 1. The molecule has 48 heavy (non-hydrogen) atoms. The maximum Gasteiger partial charge on any atom is 0.312 e. The van der Waals surface area contributed by atoms with E-state index in [9.17, 15) is 28.8 Å². The molecule has 0 radical (unpaired) electrons. The number of Topliss-reactive ketones (excluding diaryl/α,β-unsaturated/α-hetero) is 1. The van der Waals surface area contributed by atoms with E-state index in [0.717, 1.165) is 12.0 Å². The molecular weight excluding hydrogens is 610 g/mol. The Balaban J connectivity index is 1.24. The molecule has 1 heterocycles. The quantitative estimate of drug-likeness (QED) is 0.103. The van der Waals surface area contributed by atoms with Crippen LogP contribution in [0.25, 0.3) is 0 Å². The van der Waals surface area contributed by atoms with Gasteiger partial charge in [-0.2, -0.15) is 0 Å². The van der Waals surface area contributed by atoms with Crippen LogP contribution in [-0.2, 0) is 24.0 Å². The maximum absolute atomic E-state index is 13.5. The molecule has 4 rings (SSSR count). The van der Waals surface area contributed by atoms with Crippen molar-refractivity contribution in [3.05, 3.63) is 41.5 Å². The molecule has 3 aliphatic rings. The van der Waals surface area contributed by atoms with Gasteiger partial charge in [0, 0.05) is 37.5 Å². The molecular formula is C37H53N5O6. The topological polar surface area (TPSA) is 168 Å². The number of likely N-dealkylation sites (tertiary alicyclic amines) is 1. The van der Waals surface area contributed by atoms with Crippen molar-refractivity contribution in [1.82, 2.24) is 15.5 Å². The van der Waals surface area contributed by atoms with E-state index in [1.807, 2.05) is 32.9 Å². The third-order valence-electron chi connectivity index (χ3n) is 10.2. The summed E-state index contributed by atoms with van der Waals surface area (Å²) in [5.41, 5.74) is 8.16. The molecule has 2 fully saturated rings. The minimum Gasteiger partial charge on any atom is -0.352 e. The van der Waals surface area contributed by atoms with Gasteiger partial charge in [0.05, 0.1) is 17.9 Å². The van der Waals surface area contributed by atoms with Crippen LogP contribution in [0.3, 0.4) is 0 Å². The molecule has 0 aromatic heterocycles. The number of amides is 6. The van der Waals surface area contributed by atoms with Crippen LogP contribution in [-0.4, -0.2) is 59.5 Å². The molecule has 11 nitrogen and oxygen atoms in total. The Morgan fingerprint density at radius 2 is 1.62 bits per heavy atom. The number of anilines is 1. The molecule has 6 amide bonds. The van der Waals surface area contributed by atoms with E-state index in [1.165, 1.54) is 10.5 Å². The Hall–Kier alpha value is -4.02. The standard InChI is InChI=1S/C37H53N5O6/c1-21(2)27-18-25-19-28(27)32-31(25)35(46)42(36(32)47)17-8-6-7-11-30(44)41-33(22(3)4)29(43)20-24(10-9-16-39-37(38)48)34(45)40-26-14-12-23(5)13-15-26/h12-15,18,21-22,24-25,28,31-33H,6-11,16-17,19-20H2,1-5H3,(H,40,45)(H,41,44)(H3,38,39,48)/t24-,25?,28?,31?,32?,33+/m1/s1. The second kappa shape index (κ2) is 16.4. The van der Waals surface area contributed by atoms with Gasteiger partial charge in [-0.25, -0.2) is 4.79 Å². The zero-order valence-electron chi connectivity index (χ0n) is 29.1.